The number of carbonyl (C=O) groups is 1. The SMILES string of the molecule is O=CC[C@@H](c1ccc(F)cc1)c1ccc(F)cc1F. The van der Waals surface area contributed by atoms with Crippen LogP contribution < -0.4 is 0 Å². The minimum Gasteiger partial charge on any atom is -0.303 e. The fraction of sp³-hybridized carbons (Fsp3) is 0.133. The van der Waals surface area contributed by atoms with Crippen LogP contribution in [0.15, 0.2) is 42.5 Å². The molecule has 0 aromatic heterocycles. The molecule has 98 valence electrons. The van der Waals surface area contributed by atoms with Gasteiger partial charge in [0, 0.05) is 18.4 Å². The highest BCUT2D eigenvalue weighted by Gasteiger charge is 2.18. The van der Waals surface area contributed by atoms with Crippen molar-refractivity contribution < 1.29 is 18.0 Å². The molecule has 0 saturated carbocycles. The standard InChI is InChI=1S/C15H11F3O/c16-11-3-1-10(2-4-11)13(7-8-19)14-6-5-12(17)9-15(14)18/h1-6,8-9,13H,7H2/t13-/m0/s1. The summed E-state index contributed by atoms with van der Waals surface area (Å²) < 4.78 is 39.5. The van der Waals surface area contributed by atoms with E-state index in [0.717, 1.165) is 12.1 Å². The molecule has 2 aromatic rings. The number of aldehydes is 1. The van der Waals surface area contributed by atoms with Gasteiger partial charge in [-0.3, -0.25) is 0 Å². The lowest BCUT2D eigenvalue weighted by Gasteiger charge is -2.16. The molecule has 0 amide bonds. The van der Waals surface area contributed by atoms with Gasteiger partial charge in [0.2, 0.25) is 0 Å². The van der Waals surface area contributed by atoms with E-state index in [9.17, 15) is 18.0 Å². The zero-order valence-corrected chi connectivity index (χ0v) is 9.95. The third-order valence-corrected chi connectivity index (χ3v) is 2.94. The lowest BCUT2D eigenvalue weighted by molar-refractivity contribution is -0.108. The van der Waals surface area contributed by atoms with E-state index in [1.807, 2.05) is 0 Å². The molecule has 0 radical (unpaired) electrons. The summed E-state index contributed by atoms with van der Waals surface area (Å²) in [4.78, 5) is 10.7. The predicted octanol–water partition coefficient (Wildman–Crippen LogP) is 3.82. The molecular formula is C15H11F3O. The Morgan fingerprint density at radius 2 is 1.58 bits per heavy atom. The first-order valence-electron chi connectivity index (χ1n) is 5.76. The Morgan fingerprint density at radius 1 is 0.947 bits per heavy atom. The van der Waals surface area contributed by atoms with E-state index in [4.69, 9.17) is 0 Å². The van der Waals surface area contributed by atoms with Crippen LogP contribution in [0.3, 0.4) is 0 Å². The van der Waals surface area contributed by atoms with Gasteiger partial charge in [0.05, 0.1) is 0 Å². The second-order valence-corrected chi connectivity index (χ2v) is 4.17. The molecule has 2 aromatic carbocycles. The number of carbonyl (C=O) groups excluding carboxylic acids is 1. The molecule has 1 nitrogen and oxygen atoms in total. The van der Waals surface area contributed by atoms with E-state index >= 15 is 0 Å². The highest BCUT2D eigenvalue weighted by atomic mass is 19.1. The summed E-state index contributed by atoms with van der Waals surface area (Å²) in [6, 6.07) is 8.69. The van der Waals surface area contributed by atoms with Crippen LogP contribution in [0.2, 0.25) is 0 Å². The predicted molar refractivity (Wildman–Crippen MR) is 65.3 cm³/mol. The number of hydrogen-bond acceptors (Lipinski definition) is 1. The first-order valence-corrected chi connectivity index (χ1v) is 5.76. The summed E-state index contributed by atoms with van der Waals surface area (Å²) in [6.45, 7) is 0. The Labute approximate surface area is 108 Å². The van der Waals surface area contributed by atoms with Gasteiger partial charge in [0.15, 0.2) is 0 Å². The molecule has 0 saturated heterocycles. The van der Waals surface area contributed by atoms with E-state index in [2.05, 4.69) is 0 Å². The molecule has 4 heteroatoms. The summed E-state index contributed by atoms with van der Waals surface area (Å²) >= 11 is 0. The van der Waals surface area contributed by atoms with Gasteiger partial charge in [-0.25, -0.2) is 13.2 Å². The van der Waals surface area contributed by atoms with Crippen LogP contribution in [0.4, 0.5) is 13.2 Å². The molecule has 0 heterocycles. The van der Waals surface area contributed by atoms with Crippen molar-refractivity contribution in [2.24, 2.45) is 0 Å². The van der Waals surface area contributed by atoms with Crippen LogP contribution in [0.5, 0.6) is 0 Å². The lowest BCUT2D eigenvalue weighted by Crippen LogP contribution is -2.05. The molecule has 0 fully saturated rings. The highest BCUT2D eigenvalue weighted by molar-refractivity contribution is 5.54. The van der Waals surface area contributed by atoms with Crippen molar-refractivity contribution in [2.45, 2.75) is 12.3 Å². The number of halogens is 3. The first kappa shape index (κ1) is 13.3. The molecule has 0 N–H and O–H groups in total. The summed E-state index contributed by atoms with van der Waals surface area (Å²) in [5.41, 5.74) is 0.833. The summed E-state index contributed by atoms with van der Waals surface area (Å²) in [6.07, 6.45) is 0.713. The topological polar surface area (TPSA) is 17.1 Å². The third-order valence-electron chi connectivity index (χ3n) is 2.94. The molecule has 0 aliphatic carbocycles. The molecule has 0 spiro atoms. The van der Waals surface area contributed by atoms with Gasteiger partial charge in [0.1, 0.15) is 23.7 Å². The van der Waals surface area contributed by atoms with Crippen molar-refractivity contribution in [3.05, 3.63) is 71.0 Å². The van der Waals surface area contributed by atoms with Crippen molar-refractivity contribution in [2.75, 3.05) is 0 Å². The highest BCUT2D eigenvalue weighted by Crippen LogP contribution is 2.29. The maximum atomic E-state index is 13.8. The Morgan fingerprint density at radius 3 is 2.16 bits per heavy atom. The fourth-order valence-corrected chi connectivity index (χ4v) is 2.02. The van der Waals surface area contributed by atoms with Crippen LogP contribution in [0.1, 0.15) is 23.5 Å². The normalized spacial score (nSPS) is 12.2. The summed E-state index contributed by atoms with van der Waals surface area (Å²) in [5, 5.41) is 0. The van der Waals surface area contributed by atoms with Crippen molar-refractivity contribution in [3.63, 3.8) is 0 Å². The molecule has 0 unspecified atom stereocenters. The fourth-order valence-electron chi connectivity index (χ4n) is 2.02. The maximum Gasteiger partial charge on any atom is 0.129 e. The minimum atomic E-state index is -0.712. The Kier molecular flexibility index (Phi) is 4.00. The smallest absolute Gasteiger partial charge is 0.129 e. The third kappa shape index (κ3) is 3.02. The Bertz CT molecular complexity index is 578. The van der Waals surface area contributed by atoms with E-state index in [1.54, 1.807) is 0 Å². The zero-order valence-electron chi connectivity index (χ0n) is 9.95. The second-order valence-electron chi connectivity index (χ2n) is 4.17. The largest absolute Gasteiger partial charge is 0.303 e. The summed E-state index contributed by atoms with van der Waals surface area (Å²) in [7, 11) is 0. The number of hydrogen-bond donors (Lipinski definition) is 0. The van der Waals surface area contributed by atoms with E-state index in [1.165, 1.54) is 30.3 Å². The average molecular weight is 264 g/mol. The summed E-state index contributed by atoms with van der Waals surface area (Å²) in [5.74, 6) is -2.34. The average Bonchev–Trinajstić information content (AvgIpc) is 2.38. The van der Waals surface area contributed by atoms with Gasteiger partial charge < -0.3 is 4.79 Å². The molecule has 2 rings (SSSR count). The van der Waals surface area contributed by atoms with Crippen molar-refractivity contribution in [1.82, 2.24) is 0 Å². The molecular weight excluding hydrogens is 253 g/mol. The van der Waals surface area contributed by atoms with Crippen molar-refractivity contribution >= 4 is 6.29 Å². The zero-order chi connectivity index (χ0) is 13.8. The van der Waals surface area contributed by atoms with Gasteiger partial charge in [0.25, 0.3) is 0 Å². The van der Waals surface area contributed by atoms with E-state index in [0.29, 0.717) is 11.8 Å². The van der Waals surface area contributed by atoms with Gasteiger partial charge >= 0.3 is 0 Å². The van der Waals surface area contributed by atoms with E-state index in [-0.39, 0.29) is 12.0 Å². The lowest BCUT2D eigenvalue weighted by atomic mass is 9.88. The maximum absolute atomic E-state index is 13.8. The van der Waals surface area contributed by atoms with Gasteiger partial charge in [-0.1, -0.05) is 18.2 Å². The van der Waals surface area contributed by atoms with Crippen LogP contribution in [-0.2, 0) is 4.79 Å². The van der Waals surface area contributed by atoms with Gasteiger partial charge in [-0.15, -0.1) is 0 Å². The van der Waals surface area contributed by atoms with Crippen molar-refractivity contribution in [3.8, 4) is 0 Å². The molecule has 19 heavy (non-hydrogen) atoms. The monoisotopic (exact) mass is 264 g/mol. The minimum absolute atomic E-state index is 0.0498. The molecule has 0 aliphatic heterocycles. The molecule has 1 atom stereocenters. The van der Waals surface area contributed by atoms with Gasteiger partial charge in [-0.2, -0.15) is 0 Å². The molecule has 0 aliphatic rings. The Hall–Kier alpha value is -2.10. The van der Waals surface area contributed by atoms with Gasteiger partial charge in [-0.05, 0) is 29.3 Å². The first-order chi connectivity index (χ1) is 9.11. The van der Waals surface area contributed by atoms with Crippen LogP contribution in [0, 0.1) is 17.5 Å². The van der Waals surface area contributed by atoms with Crippen LogP contribution in [-0.4, -0.2) is 6.29 Å². The van der Waals surface area contributed by atoms with Crippen LogP contribution in [0.25, 0.3) is 0 Å². The van der Waals surface area contributed by atoms with Crippen LogP contribution >= 0.6 is 0 Å². The number of rotatable bonds is 4. The van der Waals surface area contributed by atoms with Crippen molar-refractivity contribution in [1.29, 1.82) is 0 Å². The Balaban J connectivity index is 2.44. The second kappa shape index (κ2) is 5.69. The quantitative estimate of drug-likeness (QED) is 0.767. The number of benzene rings is 2. The molecule has 0 bridgehead atoms. The van der Waals surface area contributed by atoms with E-state index < -0.39 is 23.4 Å².